The predicted molar refractivity (Wildman–Crippen MR) is 243 cm³/mol. The van der Waals surface area contributed by atoms with Crippen LogP contribution in [0.5, 0.6) is 0 Å². The molecule has 62 heavy (non-hydrogen) atoms. The Labute approximate surface area is 375 Å². The van der Waals surface area contributed by atoms with Crippen molar-refractivity contribution in [2.75, 3.05) is 20.8 Å². The third kappa shape index (κ3) is 14.6. The first kappa shape index (κ1) is 52.9. The van der Waals surface area contributed by atoms with Crippen LogP contribution in [0.4, 0.5) is 0 Å². The monoisotopic (exact) mass is 911 g/mol. The van der Waals surface area contributed by atoms with Crippen LogP contribution in [-0.2, 0) is 62.9 Å². The van der Waals surface area contributed by atoms with E-state index >= 15 is 0 Å². The summed E-state index contributed by atoms with van der Waals surface area (Å²) >= 11 is 0. The molecule has 0 amide bonds. The molecule has 0 unspecified atom stereocenters. The molecule has 3 saturated heterocycles. The lowest BCUT2D eigenvalue weighted by atomic mass is 9.83. The fraction of sp³-hybridized carbons (Fsp3) is 0.830. The minimum atomic E-state index is -2.49. The number of benzene rings is 1. The number of carboxylic acid groups (broad SMARTS) is 1. The van der Waals surface area contributed by atoms with Crippen LogP contribution in [0.1, 0.15) is 126 Å². The molecule has 4 rings (SSSR count). The zero-order valence-corrected chi connectivity index (χ0v) is 42.9. The second-order valence-electron chi connectivity index (χ2n) is 21.7. The molecule has 0 spiro atoms. The van der Waals surface area contributed by atoms with Crippen LogP contribution in [0.3, 0.4) is 0 Å². The molecule has 0 bridgehead atoms. The van der Waals surface area contributed by atoms with E-state index in [1.807, 2.05) is 45.9 Å². The maximum atomic E-state index is 13.4. The first-order valence-electron chi connectivity index (χ1n) is 22.7. The van der Waals surface area contributed by atoms with E-state index in [-0.39, 0.29) is 47.3 Å². The Morgan fingerprint density at radius 1 is 0.806 bits per heavy atom. The summed E-state index contributed by atoms with van der Waals surface area (Å²) in [5, 5.41) is 9.82. The molecule has 1 N–H and O–H groups in total. The summed E-state index contributed by atoms with van der Waals surface area (Å²) in [4.78, 5) is 25.8. The lowest BCUT2D eigenvalue weighted by Gasteiger charge is -2.52. The topological polar surface area (TPSA) is 147 Å². The highest BCUT2D eigenvalue weighted by molar-refractivity contribution is 6.74. The molecule has 3 aliphatic rings. The Morgan fingerprint density at radius 2 is 1.39 bits per heavy atom. The Hall–Kier alpha value is -1.77. The van der Waals surface area contributed by atoms with Crippen LogP contribution >= 0.6 is 0 Å². The van der Waals surface area contributed by atoms with Crippen molar-refractivity contribution < 1.29 is 61.4 Å². The van der Waals surface area contributed by atoms with Gasteiger partial charge in [0, 0.05) is 39.4 Å². The van der Waals surface area contributed by atoms with Gasteiger partial charge in [0.05, 0.1) is 62.9 Å². The van der Waals surface area contributed by atoms with Crippen LogP contribution in [-0.4, -0.2) is 115 Å². The molecule has 1 aromatic rings. The third-order valence-corrected chi connectivity index (χ3v) is 22.6. The van der Waals surface area contributed by atoms with Gasteiger partial charge in [0.25, 0.3) is 0 Å². The van der Waals surface area contributed by atoms with E-state index in [9.17, 15) is 14.7 Å². The SMILES string of the molecule is COC(=O)[C@H]1[C@H](CC(=O)O)O[C@@](C[C@@H]2C[C@H]([C@@H](CC[C@@H]3C[C@H](CCOCc4ccccc4)OC(C)(C)O3)O[Si](C)(C)C(C)(C)C)OC(C)(C)O2)(OC)C[C@@H]1O[Si](C)(C)C(C)(C)C. The second-order valence-corrected chi connectivity index (χ2v) is 31.2. The molecule has 356 valence electrons. The van der Waals surface area contributed by atoms with Gasteiger partial charge in [-0.25, -0.2) is 0 Å². The maximum Gasteiger partial charge on any atom is 0.313 e. The Kier molecular flexibility index (Phi) is 17.7. The van der Waals surface area contributed by atoms with Gasteiger partial charge in [0.1, 0.15) is 5.92 Å². The third-order valence-electron chi connectivity index (χ3n) is 13.6. The fourth-order valence-electron chi connectivity index (χ4n) is 8.49. The lowest BCUT2D eigenvalue weighted by Crippen LogP contribution is -2.61. The van der Waals surface area contributed by atoms with Gasteiger partial charge in [0.15, 0.2) is 34.0 Å². The Balaban J connectivity index is 1.58. The van der Waals surface area contributed by atoms with Crippen molar-refractivity contribution in [3.63, 3.8) is 0 Å². The molecule has 9 atom stereocenters. The average molecular weight is 911 g/mol. The van der Waals surface area contributed by atoms with Crippen molar-refractivity contribution in [3.8, 4) is 0 Å². The number of hydrogen-bond donors (Lipinski definition) is 1. The summed E-state index contributed by atoms with van der Waals surface area (Å²) in [6.45, 7) is 30.8. The van der Waals surface area contributed by atoms with E-state index in [0.717, 1.165) is 24.8 Å². The molecular weight excluding hydrogens is 829 g/mol. The molecule has 3 aliphatic heterocycles. The van der Waals surface area contributed by atoms with Gasteiger partial charge in [-0.15, -0.1) is 0 Å². The maximum absolute atomic E-state index is 13.4. The predicted octanol–water partition coefficient (Wildman–Crippen LogP) is 9.76. The first-order valence-corrected chi connectivity index (χ1v) is 28.5. The fourth-order valence-corrected chi connectivity index (χ4v) is 11.2. The molecule has 3 fully saturated rings. The number of carboxylic acids is 1. The number of carbonyl (C=O) groups is 2. The minimum Gasteiger partial charge on any atom is -0.481 e. The average Bonchev–Trinajstić information content (AvgIpc) is 3.12. The van der Waals surface area contributed by atoms with E-state index in [1.54, 1.807) is 7.11 Å². The van der Waals surface area contributed by atoms with Crippen LogP contribution in [0.15, 0.2) is 30.3 Å². The highest BCUT2D eigenvalue weighted by atomic mass is 28.4. The lowest BCUT2D eigenvalue weighted by molar-refractivity contribution is -0.346. The first-order chi connectivity index (χ1) is 28.5. The van der Waals surface area contributed by atoms with Crippen LogP contribution in [0, 0.1) is 5.92 Å². The van der Waals surface area contributed by atoms with Crippen molar-refractivity contribution in [2.45, 2.75) is 224 Å². The summed E-state index contributed by atoms with van der Waals surface area (Å²) in [6.07, 6.45) is 0.434. The van der Waals surface area contributed by atoms with Gasteiger partial charge in [-0.2, -0.15) is 0 Å². The molecule has 1 aromatic carbocycles. The minimum absolute atomic E-state index is 0.0177. The van der Waals surface area contributed by atoms with Gasteiger partial charge < -0.3 is 51.9 Å². The summed E-state index contributed by atoms with van der Waals surface area (Å²) in [6, 6.07) is 10.2. The normalized spacial score (nSPS) is 30.1. The van der Waals surface area contributed by atoms with E-state index in [4.69, 9.17) is 46.7 Å². The van der Waals surface area contributed by atoms with Gasteiger partial charge in [-0.3, -0.25) is 9.59 Å². The van der Waals surface area contributed by atoms with Crippen LogP contribution in [0.2, 0.25) is 36.3 Å². The number of rotatable bonds is 19. The number of hydrogen-bond acceptors (Lipinski definition) is 12. The zero-order valence-electron chi connectivity index (χ0n) is 40.9. The number of esters is 1. The molecule has 0 aromatic heterocycles. The van der Waals surface area contributed by atoms with E-state index in [2.05, 4.69) is 79.9 Å². The van der Waals surface area contributed by atoms with Gasteiger partial charge in [0.2, 0.25) is 0 Å². The number of carbonyl (C=O) groups excluding carboxylic acids is 1. The van der Waals surface area contributed by atoms with E-state index in [0.29, 0.717) is 26.1 Å². The van der Waals surface area contributed by atoms with Crippen LogP contribution < -0.4 is 0 Å². The van der Waals surface area contributed by atoms with Crippen molar-refractivity contribution >= 4 is 28.6 Å². The van der Waals surface area contributed by atoms with Crippen molar-refractivity contribution in [1.82, 2.24) is 0 Å². The standard InChI is InChI=1S/C47H82O13Si2/c1-43(2,3)61(13,14)59-36(23-22-33-26-34(55-45(7,8)54-33)24-25-53-31-32-20-18-17-19-21-32)37-27-35(56-46(9,10)57-37)29-47(52-12)30-39(60-62(15,16)44(4,5)6)41(42(50)51-11)38(58-47)28-40(48)49/h17-21,33-39,41H,22-31H2,1-16H3,(H,48,49)/t33-,34+,35+,36-,37-,38+,39+,41+,47-/m1/s1. The molecule has 0 saturated carbocycles. The van der Waals surface area contributed by atoms with Gasteiger partial charge >= 0.3 is 11.9 Å². The Morgan fingerprint density at radius 3 is 1.95 bits per heavy atom. The smallest absolute Gasteiger partial charge is 0.313 e. The molecule has 0 radical (unpaired) electrons. The highest BCUT2D eigenvalue weighted by Crippen LogP contribution is 2.47. The number of methoxy groups -OCH3 is 2. The molecule has 13 nitrogen and oxygen atoms in total. The van der Waals surface area contributed by atoms with Crippen molar-refractivity contribution in [2.24, 2.45) is 5.92 Å². The summed E-state index contributed by atoms with van der Waals surface area (Å²) in [5.74, 6) is -5.72. The van der Waals surface area contributed by atoms with Gasteiger partial charge in [-0.05, 0) is 88.8 Å². The highest BCUT2D eigenvalue weighted by Gasteiger charge is 2.56. The summed E-state index contributed by atoms with van der Waals surface area (Å²) in [5.41, 5.74) is 1.14. The molecule has 3 heterocycles. The molecular formula is C47H82O13Si2. The second kappa shape index (κ2) is 20.8. The van der Waals surface area contributed by atoms with Crippen molar-refractivity contribution in [1.29, 1.82) is 0 Å². The molecule has 15 heteroatoms. The molecule has 0 aliphatic carbocycles. The summed E-state index contributed by atoms with van der Waals surface area (Å²) < 4.78 is 64.9. The Bertz CT molecular complexity index is 1590. The zero-order chi connectivity index (χ0) is 46.5. The quantitative estimate of drug-likeness (QED) is 0.0799. The van der Waals surface area contributed by atoms with Gasteiger partial charge in [-0.1, -0.05) is 71.9 Å². The number of aliphatic carboxylic acids is 1. The van der Waals surface area contributed by atoms with E-state index < -0.39 is 76.6 Å². The largest absolute Gasteiger partial charge is 0.481 e. The number of ether oxygens (including phenoxy) is 8. The summed E-state index contributed by atoms with van der Waals surface area (Å²) in [7, 11) is -1.95. The van der Waals surface area contributed by atoms with Crippen LogP contribution in [0.25, 0.3) is 0 Å². The van der Waals surface area contributed by atoms with Crippen molar-refractivity contribution in [3.05, 3.63) is 35.9 Å². The van der Waals surface area contributed by atoms with E-state index in [1.165, 1.54) is 7.11 Å².